The maximum atomic E-state index is 15.4. The number of nitrogens with one attached hydrogen (secondary N) is 2. The molecule has 0 bridgehead atoms. The zero-order valence-electron chi connectivity index (χ0n) is 25.2. The maximum absolute atomic E-state index is 15.4. The van der Waals surface area contributed by atoms with Crippen LogP contribution in [0.3, 0.4) is 0 Å². The summed E-state index contributed by atoms with van der Waals surface area (Å²) in [7, 11) is -1.61. The van der Waals surface area contributed by atoms with Crippen LogP contribution in [0.25, 0.3) is 17.1 Å². The highest BCUT2D eigenvalue weighted by molar-refractivity contribution is 7.91. The lowest BCUT2D eigenvalue weighted by Gasteiger charge is -2.42. The molecule has 236 valence electrons. The van der Waals surface area contributed by atoms with Crippen molar-refractivity contribution in [2.75, 3.05) is 68.1 Å². The Morgan fingerprint density at radius 1 is 0.911 bits per heavy atom. The molecule has 0 spiro atoms. The summed E-state index contributed by atoms with van der Waals surface area (Å²) in [5.74, 6) is -1.79. The number of piperidine rings is 1. The molecular formula is C31H35F2N9O2S. The van der Waals surface area contributed by atoms with Crippen LogP contribution in [0.2, 0.25) is 0 Å². The number of sulfone groups is 1. The van der Waals surface area contributed by atoms with Gasteiger partial charge in [0.25, 0.3) is 0 Å². The van der Waals surface area contributed by atoms with E-state index < -0.39 is 21.5 Å². The molecule has 0 saturated carbocycles. The van der Waals surface area contributed by atoms with Gasteiger partial charge in [-0.15, -0.1) is 0 Å². The first-order valence-corrected chi connectivity index (χ1v) is 16.6. The minimum absolute atomic E-state index is 0.0244. The van der Waals surface area contributed by atoms with Gasteiger partial charge < -0.3 is 20.4 Å². The Morgan fingerprint density at radius 3 is 2.33 bits per heavy atom. The predicted molar refractivity (Wildman–Crippen MR) is 172 cm³/mol. The van der Waals surface area contributed by atoms with Crippen molar-refractivity contribution in [2.24, 2.45) is 0 Å². The molecule has 2 aliphatic heterocycles. The second-order valence-corrected chi connectivity index (χ2v) is 13.4. The van der Waals surface area contributed by atoms with Crippen LogP contribution in [-0.4, -0.2) is 96.8 Å². The number of anilines is 5. The summed E-state index contributed by atoms with van der Waals surface area (Å²) in [5.41, 5.74) is 1.40. The van der Waals surface area contributed by atoms with Crippen LogP contribution >= 0.6 is 0 Å². The standard InChI is InChI=1S/C31H35F2N9O2S/c1-4-20-19-36-31(39-30(20)37-24-6-5-23-28(35-12-11-34-23)29(24)45(3,43)44)38-22-7-8-25(27(33)26(22)32)42-13-9-21(10-14-42)41-17-15-40(2)16-18-41/h4-8,11-12,19,21H,1,9-10,13-18H2,2-3H3,(H2,36,37,38,39). The number of hydrogen-bond acceptors (Lipinski definition) is 11. The van der Waals surface area contributed by atoms with Crippen LogP contribution < -0.4 is 15.5 Å². The highest BCUT2D eigenvalue weighted by atomic mass is 32.2. The van der Waals surface area contributed by atoms with E-state index in [1.54, 1.807) is 18.2 Å². The molecule has 45 heavy (non-hydrogen) atoms. The molecule has 11 nitrogen and oxygen atoms in total. The Hall–Kier alpha value is -4.27. The van der Waals surface area contributed by atoms with Crippen LogP contribution in [0.15, 0.2) is 54.3 Å². The van der Waals surface area contributed by atoms with Gasteiger partial charge in [-0.25, -0.2) is 22.2 Å². The zero-order chi connectivity index (χ0) is 31.7. The largest absolute Gasteiger partial charge is 0.369 e. The summed E-state index contributed by atoms with van der Waals surface area (Å²) < 4.78 is 56.3. The molecule has 2 aliphatic rings. The molecule has 0 atom stereocenters. The van der Waals surface area contributed by atoms with Crippen molar-refractivity contribution >= 4 is 55.8 Å². The molecule has 2 aromatic heterocycles. The van der Waals surface area contributed by atoms with Gasteiger partial charge in [0, 0.05) is 75.7 Å². The number of benzene rings is 2. The molecule has 4 aromatic rings. The highest BCUT2D eigenvalue weighted by Gasteiger charge is 2.29. The Bertz CT molecular complexity index is 1840. The van der Waals surface area contributed by atoms with Crippen molar-refractivity contribution in [1.29, 1.82) is 0 Å². The number of piperazine rings is 1. The number of rotatable bonds is 8. The van der Waals surface area contributed by atoms with E-state index in [9.17, 15) is 8.42 Å². The fourth-order valence-electron chi connectivity index (χ4n) is 5.97. The van der Waals surface area contributed by atoms with E-state index in [-0.39, 0.29) is 39.2 Å². The number of hydrogen-bond donors (Lipinski definition) is 2. The van der Waals surface area contributed by atoms with Gasteiger partial charge in [-0.2, -0.15) is 4.98 Å². The third-order valence-corrected chi connectivity index (χ3v) is 9.58. The molecule has 2 aromatic carbocycles. The van der Waals surface area contributed by atoms with Crippen molar-refractivity contribution in [3.63, 3.8) is 0 Å². The summed E-state index contributed by atoms with van der Waals surface area (Å²) in [6.07, 6.45) is 8.71. The Kier molecular flexibility index (Phi) is 8.62. The average Bonchev–Trinajstić information content (AvgIpc) is 3.03. The molecular weight excluding hydrogens is 600 g/mol. The lowest BCUT2D eigenvalue weighted by molar-refractivity contribution is 0.0981. The molecule has 0 unspecified atom stereocenters. The maximum Gasteiger partial charge on any atom is 0.229 e. The normalized spacial score (nSPS) is 17.0. The van der Waals surface area contributed by atoms with Gasteiger partial charge in [0.1, 0.15) is 16.2 Å². The Labute approximate surface area is 260 Å². The summed E-state index contributed by atoms with van der Waals surface area (Å²) in [5, 5.41) is 5.80. The number of nitrogens with zero attached hydrogens (tertiary/aromatic N) is 7. The van der Waals surface area contributed by atoms with Gasteiger partial charge in [0.05, 0.1) is 22.6 Å². The van der Waals surface area contributed by atoms with Crippen LogP contribution in [0.5, 0.6) is 0 Å². The average molecular weight is 636 g/mol. The molecule has 2 saturated heterocycles. The molecule has 6 rings (SSSR count). The van der Waals surface area contributed by atoms with Crippen molar-refractivity contribution in [3.05, 3.63) is 66.6 Å². The molecule has 4 heterocycles. The van der Waals surface area contributed by atoms with Crippen molar-refractivity contribution < 1.29 is 17.2 Å². The minimum Gasteiger partial charge on any atom is -0.369 e. The molecule has 14 heteroatoms. The lowest BCUT2D eigenvalue weighted by atomic mass is 10.0. The second kappa shape index (κ2) is 12.6. The van der Waals surface area contributed by atoms with Gasteiger partial charge in [-0.3, -0.25) is 14.9 Å². The number of fused-ring (bicyclic) bond motifs is 1. The smallest absolute Gasteiger partial charge is 0.229 e. The molecule has 0 aliphatic carbocycles. The van der Waals surface area contributed by atoms with Crippen LogP contribution in [-0.2, 0) is 9.84 Å². The van der Waals surface area contributed by atoms with Gasteiger partial charge in [0.15, 0.2) is 21.5 Å². The van der Waals surface area contributed by atoms with Crippen molar-refractivity contribution in [3.8, 4) is 0 Å². The quantitative estimate of drug-likeness (QED) is 0.286. The van der Waals surface area contributed by atoms with Crippen LogP contribution in [0.1, 0.15) is 18.4 Å². The summed E-state index contributed by atoms with van der Waals surface area (Å²) in [6.45, 7) is 9.25. The van der Waals surface area contributed by atoms with E-state index in [0.29, 0.717) is 30.2 Å². The number of aromatic nitrogens is 4. The first-order valence-electron chi connectivity index (χ1n) is 14.7. The fraction of sp³-hybridized carbons (Fsp3) is 0.355. The topological polar surface area (TPSA) is 119 Å². The monoisotopic (exact) mass is 635 g/mol. The third kappa shape index (κ3) is 6.44. The lowest BCUT2D eigenvalue weighted by Crippen LogP contribution is -2.52. The molecule has 2 fully saturated rings. The van der Waals surface area contributed by atoms with E-state index in [1.165, 1.54) is 30.7 Å². The Balaban J connectivity index is 1.21. The van der Waals surface area contributed by atoms with Gasteiger partial charge in [-0.1, -0.05) is 12.7 Å². The highest BCUT2D eigenvalue weighted by Crippen LogP contribution is 2.33. The van der Waals surface area contributed by atoms with E-state index in [2.05, 4.69) is 54.0 Å². The summed E-state index contributed by atoms with van der Waals surface area (Å²) >= 11 is 0. The second-order valence-electron chi connectivity index (χ2n) is 11.4. The van der Waals surface area contributed by atoms with Crippen LogP contribution in [0, 0.1) is 11.6 Å². The molecule has 0 amide bonds. The van der Waals surface area contributed by atoms with E-state index in [1.807, 2.05) is 4.90 Å². The zero-order valence-corrected chi connectivity index (χ0v) is 26.0. The summed E-state index contributed by atoms with van der Waals surface area (Å²) in [4.78, 5) is 23.8. The van der Waals surface area contributed by atoms with Crippen LogP contribution in [0.4, 0.5) is 37.6 Å². The fourth-order valence-corrected chi connectivity index (χ4v) is 7.00. The number of likely N-dealkylation sites (N-methyl/N-ethyl adjacent to an activating group) is 1. The van der Waals surface area contributed by atoms with E-state index in [0.717, 1.165) is 45.3 Å². The third-order valence-electron chi connectivity index (χ3n) is 8.42. The van der Waals surface area contributed by atoms with E-state index >= 15 is 8.78 Å². The van der Waals surface area contributed by atoms with Gasteiger partial charge in [-0.05, 0) is 44.2 Å². The number of halogens is 2. The summed E-state index contributed by atoms with van der Waals surface area (Å²) in [6, 6.07) is 6.71. The van der Waals surface area contributed by atoms with Gasteiger partial charge in [0.2, 0.25) is 5.95 Å². The molecule has 2 N–H and O–H groups in total. The SMILES string of the molecule is C=Cc1cnc(Nc2ccc(N3CCC(N4CCN(C)CC4)CC3)c(F)c2F)nc1Nc1ccc2nccnc2c1S(C)(=O)=O. The first-order chi connectivity index (χ1) is 21.6. The minimum atomic E-state index is -3.74. The van der Waals surface area contributed by atoms with Crippen molar-refractivity contribution in [2.45, 2.75) is 23.8 Å². The Morgan fingerprint density at radius 2 is 1.62 bits per heavy atom. The first kappa shape index (κ1) is 30.7. The van der Waals surface area contributed by atoms with E-state index in [4.69, 9.17) is 0 Å². The molecule has 0 radical (unpaired) electrons. The predicted octanol–water partition coefficient (Wildman–Crippen LogP) is 4.45. The van der Waals surface area contributed by atoms with Crippen molar-refractivity contribution in [1.82, 2.24) is 29.7 Å². The van der Waals surface area contributed by atoms with Gasteiger partial charge >= 0.3 is 0 Å².